The lowest BCUT2D eigenvalue weighted by molar-refractivity contribution is -0.133. The summed E-state index contributed by atoms with van der Waals surface area (Å²) >= 11 is 1.53. The van der Waals surface area contributed by atoms with Crippen LogP contribution >= 0.6 is 11.8 Å². The maximum Gasteiger partial charge on any atom is 0.313 e. The minimum Gasteiger partial charge on any atom is -0.481 e. The second-order valence-electron chi connectivity index (χ2n) is 2.14. The number of carboxylic acids is 1. The molecule has 60 valence electrons. The van der Waals surface area contributed by atoms with Crippen LogP contribution in [0.5, 0.6) is 0 Å². The van der Waals surface area contributed by atoms with E-state index >= 15 is 0 Å². The molecule has 0 atom stereocenters. The van der Waals surface area contributed by atoms with Gasteiger partial charge in [-0.3, -0.25) is 4.79 Å². The van der Waals surface area contributed by atoms with E-state index in [2.05, 4.69) is 13.8 Å². The summed E-state index contributed by atoms with van der Waals surface area (Å²) in [6.07, 6.45) is 2.13. The van der Waals surface area contributed by atoms with Crippen LogP contribution in [0, 0.1) is 0 Å². The summed E-state index contributed by atoms with van der Waals surface area (Å²) in [6, 6.07) is 0. The van der Waals surface area contributed by atoms with E-state index in [1.165, 1.54) is 11.8 Å². The summed E-state index contributed by atoms with van der Waals surface area (Å²) in [5, 5.41) is 8.86. The van der Waals surface area contributed by atoms with Crippen LogP contribution in [0.3, 0.4) is 0 Å². The van der Waals surface area contributed by atoms with Crippen molar-refractivity contribution in [1.29, 1.82) is 0 Å². The first-order chi connectivity index (χ1) is 4.70. The Balaban J connectivity index is 3.34. The summed E-state index contributed by atoms with van der Waals surface area (Å²) < 4.78 is 0. The Bertz CT molecular complexity index is 99.8. The molecule has 0 aliphatic rings. The van der Waals surface area contributed by atoms with Gasteiger partial charge in [0.1, 0.15) is 0 Å². The Morgan fingerprint density at radius 1 is 1.50 bits per heavy atom. The molecule has 0 saturated heterocycles. The van der Waals surface area contributed by atoms with Crippen LogP contribution < -0.4 is 0 Å². The van der Waals surface area contributed by atoms with E-state index < -0.39 is 5.97 Å². The van der Waals surface area contributed by atoms with E-state index in [4.69, 9.17) is 5.11 Å². The molecule has 0 fully saturated rings. The molecule has 0 rings (SSSR count). The Labute approximate surface area is 66.0 Å². The third kappa shape index (κ3) is 4.68. The van der Waals surface area contributed by atoms with Crippen molar-refractivity contribution in [1.82, 2.24) is 0 Å². The fourth-order valence-corrected chi connectivity index (χ4v) is 1.56. The monoisotopic (exact) mass is 162 g/mol. The molecular weight excluding hydrogens is 148 g/mol. The van der Waals surface area contributed by atoms with Crippen LogP contribution in [0.2, 0.25) is 0 Å². The smallest absolute Gasteiger partial charge is 0.313 e. The normalized spacial score (nSPS) is 10.3. The Hall–Kier alpha value is -0.180. The van der Waals surface area contributed by atoms with Crippen LogP contribution in [0.15, 0.2) is 0 Å². The highest BCUT2D eigenvalue weighted by Gasteiger charge is 2.05. The topological polar surface area (TPSA) is 37.3 Å². The highest BCUT2D eigenvalue weighted by atomic mass is 32.2. The first-order valence-electron chi connectivity index (χ1n) is 3.54. The fourth-order valence-electron chi connectivity index (χ4n) is 0.714. The van der Waals surface area contributed by atoms with Gasteiger partial charge in [0.15, 0.2) is 0 Å². The highest BCUT2D eigenvalue weighted by Crippen LogP contribution is 2.16. The summed E-state index contributed by atoms with van der Waals surface area (Å²) in [5.41, 5.74) is 0. The van der Waals surface area contributed by atoms with Gasteiger partial charge < -0.3 is 5.11 Å². The van der Waals surface area contributed by atoms with Crippen molar-refractivity contribution < 1.29 is 9.90 Å². The quantitative estimate of drug-likeness (QED) is 0.671. The highest BCUT2D eigenvalue weighted by molar-refractivity contribution is 8.00. The number of rotatable bonds is 5. The van der Waals surface area contributed by atoms with E-state index in [9.17, 15) is 4.79 Å². The molecule has 0 aromatic heterocycles. The van der Waals surface area contributed by atoms with Crippen molar-refractivity contribution in [2.24, 2.45) is 0 Å². The average molecular weight is 162 g/mol. The van der Waals surface area contributed by atoms with Gasteiger partial charge in [-0.2, -0.15) is 0 Å². The number of aliphatic carboxylic acids is 1. The molecule has 2 nitrogen and oxygen atoms in total. The first kappa shape index (κ1) is 9.82. The predicted molar refractivity (Wildman–Crippen MR) is 44.5 cm³/mol. The van der Waals surface area contributed by atoms with Crippen molar-refractivity contribution >= 4 is 17.7 Å². The number of carboxylic acid groups (broad SMARTS) is 1. The summed E-state index contributed by atoms with van der Waals surface area (Å²) in [7, 11) is 0. The van der Waals surface area contributed by atoms with Crippen LogP contribution in [0.25, 0.3) is 0 Å². The Morgan fingerprint density at radius 2 is 2.00 bits per heavy atom. The molecular formula is C7H14O2S. The number of hydrogen-bond acceptors (Lipinski definition) is 2. The van der Waals surface area contributed by atoms with Crippen molar-refractivity contribution in [2.45, 2.75) is 31.9 Å². The molecule has 0 amide bonds. The molecule has 1 N–H and O–H groups in total. The van der Waals surface area contributed by atoms with E-state index in [1.807, 2.05) is 0 Å². The van der Waals surface area contributed by atoms with E-state index in [0.717, 1.165) is 12.8 Å². The van der Waals surface area contributed by atoms with Gasteiger partial charge in [-0.1, -0.05) is 13.8 Å². The number of carbonyl (C=O) groups is 1. The maximum atomic E-state index is 10.1. The molecule has 0 radical (unpaired) electrons. The van der Waals surface area contributed by atoms with Crippen LogP contribution in [0.1, 0.15) is 26.7 Å². The number of thioether (sulfide) groups is 1. The molecule has 10 heavy (non-hydrogen) atoms. The van der Waals surface area contributed by atoms with Gasteiger partial charge in [0.05, 0.1) is 5.75 Å². The third-order valence-corrected chi connectivity index (χ3v) is 2.90. The molecule has 0 saturated carbocycles. The van der Waals surface area contributed by atoms with Gasteiger partial charge in [-0.25, -0.2) is 0 Å². The lowest BCUT2D eigenvalue weighted by Crippen LogP contribution is -2.05. The second-order valence-corrected chi connectivity index (χ2v) is 3.43. The molecule has 0 bridgehead atoms. The van der Waals surface area contributed by atoms with E-state index in [1.54, 1.807) is 0 Å². The molecule has 0 aliphatic carbocycles. The number of hydrogen-bond donors (Lipinski definition) is 1. The Morgan fingerprint density at radius 3 is 2.30 bits per heavy atom. The summed E-state index contributed by atoms with van der Waals surface area (Å²) in [6.45, 7) is 4.17. The summed E-state index contributed by atoms with van der Waals surface area (Å²) in [5.74, 6) is -0.469. The zero-order valence-corrected chi connectivity index (χ0v) is 7.28. The zero-order valence-electron chi connectivity index (χ0n) is 6.46. The van der Waals surface area contributed by atoms with Crippen molar-refractivity contribution in [3.8, 4) is 0 Å². The second kappa shape index (κ2) is 5.59. The lowest BCUT2D eigenvalue weighted by Gasteiger charge is -2.08. The van der Waals surface area contributed by atoms with Gasteiger partial charge in [-0.05, 0) is 12.8 Å². The predicted octanol–water partition coefficient (Wildman–Crippen LogP) is 1.99. The van der Waals surface area contributed by atoms with Gasteiger partial charge in [0, 0.05) is 5.25 Å². The molecule has 0 heterocycles. The molecule has 0 aromatic rings. The SMILES string of the molecule is CCC(CC)SCC(=O)O. The zero-order chi connectivity index (χ0) is 7.98. The molecule has 0 aromatic carbocycles. The maximum absolute atomic E-state index is 10.1. The minimum absolute atomic E-state index is 0.242. The van der Waals surface area contributed by atoms with Crippen LogP contribution in [0.4, 0.5) is 0 Å². The molecule has 0 unspecified atom stereocenters. The summed E-state index contributed by atoms with van der Waals surface area (Å²) in [4.78, 5) is 10.1. The van der Waals surface area contributed by atoms with Crippen molar-refractivity contribution in [2.75, 3.05) is 5.75 Å². The van der Waals surface area contributed by atoms with Crippen LogP contribution in [-0.4, -0.2) is 22.1 Å². The molecule has 0 spiro atoms. The minimum atomic E-state index is -0.711. The lowest BCUT2D eigenvalue weighted by atomic mass is 10.3. The van der Waals surface area contributed by atoms with Crippen molar-refractivity contribution in [3.05, 3.63) is 0 Å². The van der Waals surface area contributed by atoms with E-state index in [0.29, 0.717) is 5.25 Å². The van der Waals surface area contributed by atoms with Crippen molar-refractivity contribution in [3.63, 3.8) is 0 Å². The van der Waals surface area contributed by atoms with Gasteiger partial charge >= 0.3 is 5.97 Å². The first-order valence-corrected chi connectivity index (χ1v) is 4.59. The molecule has 3 heteroatoms. The van der Waals surface area contributed by atoms with Crippen LogP contribution in [-0.2, 0) is 4.79 Å². The average Bonchev–Trinajstić information content (AvgIpc) is 1.90. The van der Waals surface area contributed by atoms with Gasteiger partial charge in [0.2, 0.25) is 0 Å². The molecule has 0 aliphatic heterocycles. The fraction of sp³-hybridized carbons (Fsp3) is 0.857. The van der Waals surface area contributed by atoms with Gasteiger partial charge in [-0.15, -0.1) is 11.8 Å². The van der Waals surface area contributed by atoms with E-state index in [-0.39, 0.29) is 5.75 Å². The third-order valence-electron chi connectivity index (χ3n) is 1.35. The largest absolute Gasteiger partial charge is 0.481 e. The standard InChI is InChI=1S/C7H14O2S/c1-3-6(4-2)10-5-7(8)9/h6H,3-5H2,1-2H3,(H,8,9). The van der Waals surface area contributed by atoms with Gasteiger partial charge in [0.25, 0.3) is 0 Å². The Kier molecular flexibility index (Phi) is 5.49.